The van der Waals surface area contributed by atoms with Gasteiger partial charge in [0.15, 0.2) is 5.69 Å². The van der Waals surface area contributed by atoms with Crippen molar-refractivity contribution in [3.8, 4) is 0 Å². The van der Waals surface area contributed by atoms with Gasteiger partial charge in [-0.1, -0.05) is 18.2 Å². The van der Waals surface area contributed by atoms with Crippen LogP contribution in [0.15, 0.2) is 23.8 Å². The van der Waals surface area contributed by atoms with Crippen LogP contribution in [0.3, 0.4) is 0 Å². The Hall–Kier alpha value is -1.75. The van der Waals surface area contributed by atoms with Gasteiger partial charge in [-0.3, -0.25) is 0 Å². The first kappa shape index (κ1) is 13.3. The Labute approximate surface area is 104 Å². The van der Waals surface area contributed by atoms with Crippen molar-refractivity contribution in [3.05, 3.63) is 29.4 Å². The molecule has 0 amide bonds. The molecule has 0 bridgehead atoms. The van der Waals surface area contributed by atoms with Crippen LogP contribution in [-0.4, -0.2) is 22.4 Å². The van der Waals surface area contributed by atoms with Crippen LogP contribution in [0.1, 0.15) is 24.3 Å². The predicted molar refractivity (Wildman–Crippen MR) is 67.5 cm³/mol. The van der Waals surface area contributed by atoms with Crippen molar-refractivity contribution < 1.29 is 9.53 Å². The number of hydrogen-bond acceptors (Lipinski definition) is 4. The molecule has 17 heavy (non-hydrogen) atoms. The van der Waals surface area contributed by atoms with Gasteiger partial charge in [-0.05, 0) is 19.9 Å². The molecule has 1 heterocycles. The Morgan fingerprint density at radius 1 is 1.76 bits per heavy atom. The monoisotopic (exact) mass is 255 g/mol. The van der Waals surface area contributed by atoms with Gasteiger partial charge in [0.1, 0.15) is 5.82 Å². The molecule has 0 aliphatic rings. The minimum absolute atomic E-state index is 0.145. The third-order valence-electron chi connectivity index (χ3n) is 1.86. The van der Waals surface area contributed by atoms with Crippen LogP contribution in [0, 0.1) is 0 Å². The SMILES string of the molecule is C=C(/C=C(\C)Cl)n1nc(C(=O)OCC)cc1N. The lowest BCUT2D eigenvalue weighted by atomic mass is 10.4. The average Bonchev–Trinajstić information content (AvgIpc) is 2.59. The fourth-order valence-electron chi connectivity index (χ4n) is 1.22. The number of ether oxygens (including phenoxy) is 1. The molecule has 92 valence electrons. The Morgan fingerprint density at radius 2 is 2.41 bits per heavy atom. The molecule has 0 saturated heterocycles. The lowest BCUT2D eigenvalue weighted by Crippen LogP contribution is -2.07. The highest BCUT2D eigenvalue weighted by atomic mass is 35.5. The summed E-state index contributed by atoms with van der Waals surface area (Å²) in [7, 11) is 0. The normalized spacial score (nSPS) is 11.4. The van der Waals surface area contributed by atoms with Crippen molar-refractivity contribution in [2.75, 3.05) is 12.3 Å². The fraction of sp³-hybridized carbons (Fsp3) is 0.273. The number of nitrogens with zero attached hydrogens (tertiary/aromatic N) is 2. The van der Waals surface area contributed by atoms with Crippen molar-refractivity contribution in [3.63, 3.8) is 0 Å². The topological polar surface area (TPSA) is 70.1 Å². The van der Waals surface area contributed by atoms with Crippen LogP contribution in [0.5, 0.6) is 0 Å². The fourth-order valence-corrected chi connectivity index (χ4v) is 1.35. The third kappa shape index (κ3) is 3.35. The molecule has 0 fully saturated rings. The molecule has 5 nitrogen and oxygen atoms in total. The van der Waals surface area contributed by atoms with Crippen LogP contribution < -0.4 is 5.73 Å². The van der Waals surface area contributed by atoms with E-state index in [1.165, 1.54) is 10.7 Å². The summed E-state index contributed by atoms with van der Waals surface area (Å²) in [6, 6.07) is 1.43. The molecular formula is C11H14ClN3O2. The molecule has 6 heteroatoms. The molecule has 0 aliphatic carbocycles. The number of carbonyl (C=O) groups is 1. The van der Waals surface area contributed by atoms with E-state index in [0.717, 1.165) is 0 Å². The van der Waals surface area contributed by atoms with Gasteiger partial charge in [-0.25, -0.2) is 9.48 Å². The van der Waals surface area contributed by atoms with E-state index in [9.17, 15) is 4.79 Å². The summed E-state index contributed by atoms with van der Waals surface area (Å²) in [5, 5.41) is 4.54. The standard InChI is InChI=1S/C11H14ClN3O2/c1-4-17-11(16)9-6-10(13)15(14-9)8(3)5-7(2)12/h5-6H,3-4,13H2,1-2H3/b7-5+. The maximum absolute atomic E-state index is 11.4. The molecule has 1 aromatic rings. The highest BCUT2D eigenvalue weighted by molar-refractivity contribution is 6.29. The van der Waals surface area contributed by atoms with Gasteiger partial charge < -0.3 is 10.5 Å². The number of halogens is 1. The van der Waals surface area contributed by atoms with Gasteiger partial charge in [0.25, 0.3) is 0 Å². The molecule has 0 aliphatic heterocycles. The number of aromatic nitrogens is 2. The second kappa shape index (κ2) is 5.54. The van der Waals surface area contributed by atoms with Gasteiger partial charge in [-0.15, -0.1) is 0 Å². The maximum atomic E-state index is 11.4. The summed E-state index contributed by atoms with van der Waals surface area (Å²) in [4.78, 5) is 11.4. The molecule has 1 aromatic heterocycles. The van der Waals surface area contributed by atoms with E-state index in [0.29, 0.717) is 16.5 Å². The van der Waals surface area contributed by atoms with Crippen molar-refractivity contribution in [2.45, 2.75) is 13.8 Å². The average molecular weight is 256 g/mol. The highest BCUT2D eigenvalue weighted by Gasteiger charge is 2.14. The minimum Gasteiger partial charge on any atom is -0.461 e. The number of nitrogens with two attached hydrogens (primary N) is 1. The molecule has 0 saturated carbocycles. The number of rotatable bonds is 4. The lowest BCUT2D eigenvalue weighted by molar-refractivity contribution is 0.0519. The zero-order valence-corrected chi connectivity index (χ0v) is 10.5. The largest absolute Gasteiger partial charge is 0.461 e. The number of carbonyl (C=O) groups excluding carboxylic acids is 1. The number of esters is 1. The Balaban J connectivity index is 3.00. The second-order valence-corrected chi connectivity index (χ2v) is 3.91. The quantitative estimate of drug-likeness (QED) is 0.662. The molecule has 0 radical (unpaired) electrons. The zero-order chi connectivity index (χ0) is 13.0. The summed E-state index contributed by atoms with van der Waals surface area (Å²) in [6.07, 6.45) is 1.60. The summed E-state index contributed by atoms with van der Waals surface area (Å²) in [5.74, 6) is -0.218. The second-order valence-electron chi connectivity index (χ2n) is 3.31. The highest BCUT2D eigenvalue weighted by Crippen LogP contribution is 2.15. The smallest absolute Gasteiger partial charge is 0.358 e. The number of anilines is 1. The summed E-state index contributed by atoms with van der Waals surface area (Å²) in [6.45, 7) is 7.46. The van der Waals surface area contributed by atoms with Crippen molar-refractivity contribution in [2.24, 2.45) is 0 Å². The van der Waals surface area contributed by atoms with E-state index in [-0.39, 0.29) is 12.3 Å². The Bertz CT molecular complexity index is 473. The van der Waals surface area contributed by atoms with E-state index < -0.39 is 5.97 Å². The van der Waals surface area contributed by atoms with Crippen LogP contribution in [0.4, 0.5) is 5.82 Å². The lowest BCUT2D eigenvalue weighted by Gasteiger charge is -2.02. The number of allylic oxidation sites excluding steroid dienone is 3. The number of nitrogen functional groups attached to an aromatic ring is 1. The summed E-state index contributed by atoms with van der Waals surface area (Å²) < 4.78 is 6.15. The summed E-state index contributed by atoms with van der Waals surface area (Å²) >= 11 is 5.72. The van der Waals surface area contributed by atoms with Crippen LogP contribution in [0.25, 0.3) is 5.70 Å². The molecular weight excluding hydrogens is 242 g/mol. The Kier molecular flexibility index (Phi) is 4.34. The summed E-state index contributed by atoms with van der Waals surface area (Å²) in [5.41, 5.74) is 6.33. The van der Waals surface area contributed by atoms with E-state index in [1.807, 2.05) is 0 Å². The van der Waals surface area contributed by atoms with Crippen molar-refractivity contribution in [1.29, 1.82) is 0 Å². The number of hydrogen-bond donors (Lipinski definition) is 1. The van der Waals surface area contributed by atoms with Gasteiger partial charge in [0, 0.05) is 11.1 Å². The predicted octanol–water partition coefficient (Wildman–Crippen LogP) is 2.26. The van der Waals surface area contributed by atoms with Gasteiger partial charge in [0.2, 0.25) is 0 Å². The maximum Gasteiger partial charge on any atom is 0.358 e. The van der Waals surface area contributed by atoms with E-state index in [1.54, 1.807) is 19.9 Å². The van der Waals surface area contributed by atoms with Gasteiger partial charge in [-0.2, -0.15) is 5.10 Å². The van der Waals surface area contributed by atoms with Crippen LogP contribution in [0.2, 0.25) is 0 Å². The van der Waals surface area contributed by atoms with E-state index in [4.69, 9.17) is 22.1 Å². The molecule has 2 N–H and O–H groups in total. The first-order chi connectivity index (χ1) is 7.95. The first-order valence-electron chi connectivity index (χ1n) is 5.01. The van der Waals surface area contributed by atoms with Crippen molar-refractivity contribution >= 4 is 29.1 Å². The van der Waals surface area contributed by atoms with Gasteiger partial charge >= 0.3 is 5.97 Å². The van der Waals surface area contributed by atoms with E-state index in [2.05, 4.69) is 11.7 Å². The van der Waals surface area contributed by atoms with Crippen LogP contribution >= 0.6 is 11.6 Å². The molecule has 0 atom stereocenters. The van der Waals surface area contributed by atoms with Gasteiger partial charge in [0.05, 0.1) is 12.3 Å². The van der Waals surface area contributed by atoms with E-state index >= 15 is 0 Å². The Morgan fingerprint density at radius 3 is 2.94 bits per heavy atom. The third-order valence-corrected chi connectivity index (χ3v) is 1.97. The minimum atomic E-state index is -0.516. The van der Waals surface area contributed by atoms with Crippen molar-refractivity contribution in [1.82, 2.24) is 9.78 Å². The molecule has 1 rings (SSSR count). The van der Waals surface area contributed by atoms with Crippen LogP contribution in [-0.2, 0) is 4.74 Å². The zero-order valence-electron chi connectivity index (χ0n) is 9.74. The molecule has 0 unspecified atom stereocenters. The first-order valence-corrected chi connectivity index (χ1v) is 5.39. The molecule has 0 aromatic carbocycles. The molecule has 0 spiro atoms.